The molecule has 6 rings (SSSR count). The zero-order valence-corrected chi connectivity index (χ0v) is 19.1. The molecule has 4 fully saturated rings. The van der Waals surface area contributed by atoms with Crippen molar-refractivity contribution in [1.29, 1.82) is 5.26 Å². The number of halogens is 1. The number of ether oxygens (including phenoxy) is 1. The molecule has 0 radical (unpaired) electrons. The molecule has 0 saturated heterocycles. The maximum Gasteiger partial charge on any atom is 0.207 e. The van der Waals surface area contributed by atoms with Crippen LogP contribution in [0.5, 0.6) is 5.75 Å². The van der Waals surface area contributed by atoms with Gasteiger partial charge in [-0.25, -0.2) is 0 Å². The van der Waals surface area contributed by atoms with E-state index < -0.39 is 5.60 Å². The molecule has 4 aliphatic rings. The van der Waals surface area contributed by atoms with E-state index in [0.717, 1.165) is 31.0 Å². The molecule has 0 amide bonds. The Morgan fingerprint density at radius 3 is 2.62 bits per heavy atom. The minimum Gasteiger partial charge on any atom is -0.480 e. The Morgan fingerprint density at radius 2 is 2.00 bits per heavy atom. The maximum absolute atomic E-state index is 9.40. The van der Waals surface area contributed by atoms with Gasteiger partial charge in [0.15, 0.2) is 17.3 Å². The van der Waals surface area contributed by atoms with Crippen molar-refractivity contribution in [3.8, 4) is 11.9 Å². The van der Waals surface area contributed by atoms with Gasteiger partial charge < -0.3 is 10.1 Å². The molecule has 1 heterocycles. The van der Waals surface area contributed by atoms with Gasteiger partial charge >= 0.3 is 0 Å². The van der Waals surface area contributed by atoms with Gasteiger partial charge in [-0.1, -0.05) is 16.8 Å². The summed E-state index contributed by atoms with van der Waals surface area (Å²) in [5, 5.41) is 28.5. The van der Waals surface area contributed by atoms with Crippen LogP contribution in [0.25, 0.3) is 0 Å². The van der Waals surface area contributed by atoms with Crippen LogP contribution in [0.2, 0.25) is 5.02 Å². The van der Waals surface area contributed by atoms with Gasteiger partial charge in [0.25, 0.3) is 0 Å². The fourth-order valence-corrected chi connectivity index (χ4v) is 6.76. The quantitative estimate of drug-likeness (QED) is 0.389. The summed E-state index contributed by atoms with van der Waals surface area (Å²) in [6.45, 7) is 3.89. The number of rotatable bonds is 6. The molecule has 32 heavy (non-hydrogen) atoms. The number of nitriles is 1. The number of nitrogens with one attached hydrogen (secondary N) is 2. The highest BCUT2D eigenvalue weighted by atomic mass is 35.5. The molecule has 4 bridgehead atoms. The molecule has 2 aromatic rings. The molecule has 8 nitrogen and oxygen atoms in total. The number of tetrazole rings is 1. The lowest BCUT2D eigenvalue weighted by molar-refractivity contribution is -0.0730. The Hall–Kier alpha value is -2.66. The molecular formula is C23H28ClN7O. The van der Waals surface area contributed by atoms with E-state index in [1.54, 1.807) is 12.1 Å². The van der Waals surface area contributed by atoms with Crippen LogP contribution in [0, 0.1) is 34.6 Å². The summed E-state index contributed by atoms with van der Waals surface area (Å²) < 4.78 is 6.23. The molecule has 0 aliphatic heterocycles. The topological polar surface area (TPSA) is 112 Å². The van der Waals surface area contributed by atoms with Gasteiger partial charge in [0.1, 0.15) is 5.75 Å². The SMILES string of the molecule is CC(C)(Oc1ccc(Cl)cc1)/C(=N/C#N)NC1C2CC3CC1CC(Cc1nn[nH]n1)(C3)C2. The molecule has 168 valence electrons. The number of H-pyrrole nitrogens is 1. The van der Waals surface area contributed by atoms with Crippen molar-refractivity contribution in [2.24, 2.45) is 28.2 Å². The highest BCUT2D eigenvalue weighted by molar-refractivity contribution is 6.30. The average Bonchev–Trinajstić information content (AvgIpc) is 3.23. The van der Waals surface area contributed by atoms with Crippen molar-refractivity contribution in [2.75, 3.05) is 0 Å². The second kappa shape index (κ2) is 8.04. The van der Waals surface area contributed by atoms with Crippen LogP contribution in [-0.2, 0) is 6.42 Å². The standard InChI is InChI=1S/C23H28ClN7O/c1-22(2,32-18-5-3-17(24)4-6-18)21(26-13-25)27-20-15-7-14-8-16(20)11-23(9-14,10-15)12-19-28-30-31-29-19/h3-6,14-16,20H,7-12H2,1-2H3,(H,26,27)(H,28,29,30,31). The summed E-state index contributed by atoms with van der Waals surface area (Å²) in [4.78, 5) is 4.17. The summed E-state index contributed by atoms with van der Waals surface area (Å²) in [6, 6.07) is 7.55. The smallest absolute Gasteiger partial charge is 0.207 e. The zero-order valence-electron chi connectivity index (χ0n) is 18.4. The molecule has 2 atom stereocenters. The molecule has 1 aromatic carbocycles. The van der Waals surface area contributed by atoms with E-state index in [2.05, 4.69) is 30.9 Å². The first-order valence-electron chi connectivity index (χ1n) is 11.3. The van der Waals surface area contributed by atoms with E-state index in [4.69, 9.17) is 16.3 Å². The molecule has 0 spiro atoms. The summed E-state index contributed by atoms with van der Waals surface area (Å²) in [5.74, 6) is 3.94. The highest BCUT2D eigenvalue weighted by Gasteiger charge is 2.56. The lowest BCUT2D eigenvalue weighted by atomic mass is 9.47. The number of aromatic amines is 1. The van der Waals surface area contributed by atoms with E-state index in [1.807, 2.05) is 32.2 Å². The maximum atomic E-state index is 9.40. The predicted octanol–water partition coefficient (Wildman–Crippen LogP) is 3.92. The van der Waals surface area contributed by atoms with E-state index in [-0.39, 0.29) is 5.41 Å². The molecule has 9 heteroatoms. The van der Waals surface area contributed by atoms with Gasteiger partial charge in [-0.15, -0.1) is 10.2 Å². The number of amidine groups is 1. The summed E-state index contributed by atoms with van der Waals surface area (Å²) in [7, 11) is 0. The third kappa shape index (κ3) is 4.06. The van der Waals surface area contributed by atoms with Crippen molar-refractivity contribution in [2.45, 2.75) is 64.0 Å². The monoisotopic (exact) mass is 453 g/mol. The van der Waals surface area contributed by atoms with Crippen LogP contribution >= 0.6 is 11.6 Å². The van der Waals surface area contributed by atoms with Crippen molar-refractivity contribution in [1.82, 2.24) is 25.9 Å². The van der Waals surface area contributed by atoms with Crippen LogP contribution in [0.15, 0.2) is 29.3 Å². The normalized spacial score (nSPS) is 31.4. The van der Waals surface area contributed by atoms with Gasteiger partial charge in [0, 0.05) is 17.5 Å². The summed E-state index contributed by atoms with van der Waals surface area (Å²) in [5.41, 5.74) is -0.513. The van der Waals surface area contributed by atoms with E-state index >= 15 is 0 Å². The van der Waals surface area contributed by atoms with E-state index in [0.29, 0.717) is 34.5 Å². The van der Waals surface area contributed by atoms with E-state index in [1.165, 1.54) is 19.3 Å². The third-order valence-electron chi connectivity index (χ3n) is 7.54. The van der Waals surface area contributed by atoms with Crippen molar-refractivity contribution < 1.29 is 4.74 Å². The number of aliphatic imine (C=N–C) groups is 1. The lowest BCUT2D eigenvalue weighted by Crippen LogP contribution is -2.62. The van der Waals surface area contributed by atoms with Gasteiger partial charge in [-0.05, 0) is 93.4 Å². The number of hydrogen-bond donors (Lipinski definition) is 2. The van der Waals surface area contributed by atoms with Gasteiger partial charge in [-0.2, -0.15) is 15.5 Å². The van der Waals surface area contributed by atoms with Gasteiger partial charge in [0.05, 0.1) is 0 Å². The van der Waals surface area contributed by atoms with Crippen LogP contribution in [0.4, 0.5) is 0 Å². The Labute approximate surface area is 192 Å². The van der Waals surface area contributed by atoms with Crippen LogP contribution in [0.1, 0.15) is 51.8 Å². The second-order valence-corrected chi connectivity index (χ2v) is 10.7. The number of aromatic nitrogens is 4. The van der Waals surface area contributed by atoms with Crippen molar-refractivity contribution in [3.63, 3.8) is 0 Å². The molecule has 4 saturated carbocycles. The Morgan fingerprint density at radius 1 is 1.28 bits per heavy atom. The molecule has 2 N–H and O–H groups in total. The van der Waals surface area contributed by atoms with Crippen LogP contribution in [0.3, 0.4) is 0 Å². The fraction of sp³-hybridized carbons (Fsp3) is 0.609. The fourth-order valence-electron chi connectivity index (χ4n) is 6.63. The first-order chi connectivity index (χ1) is 15.4. The average molecular weight is 454 g/mol. The Kier molecular flexibility index (Phi) is 5.32. The Balaban J connectivity index is 1.33. The van der Waals surface area contributed by atoms with Crippen molar-refractivity contribution in [3.05, 3.63) is 35.1 Å². The molecule has 1 aromatic heterocycles. The second-order valence-electron chi connectivity index (χ2n) is 10.3. The summed E-state index contributed by atoms with van der Waals surface area (Å²) >= 11 is 6.00. The minimum absolute atomic E-state index is 0.264. The zero-order chi connectivity index (χ0) is 22.3. The first-order valence-corrected chi connectivity index (χ1v) is 11.6. The number of hydrogen-bond acceptors (Lipinski definition) is 6. The molecule has 4 aliphatic carbocycles. The molecule has 2 unspecified atom stereocenters. The van der Waals surface area contributed by atoms with Crippen LogP contribution in [-0.4, -0.2) is 38.1 Å². The predicted molar refractivity (Wildman–Crippen MR) is 120 cm³/mol. The Bertz CT molecular complexity index is 1010. The van der Waals surface area contributed by atoms with Crippen molar-refractivity contribution >= 4 is 17.4 Å². The van der Waals surface area contributed by atoms with Gasteiger partial charge in [0.2, 0.25) is 6.19 Å². The van der Waals surface area contributed by atoms with E-state index in [9.17, 15) is 5.26 Å². The summed E-state index contributed by atoms with van der Waals surface area (Å²) in [6.07, 6.45) is 8.86. The number of benzene rings is 1. The number of nitrogens with zero attached hydrogens (tertiary/aromatic N) is 5. The molecular weight excluding hydrogens is 426 g/mol. The largest absolute Gasteiger partial charge is 0.480 e. The van der Waals surface area contributed by atoms with Gasteiger partial charge in [-0.3, -0.25) is 0 Å². The minimum atomic E-state index is -0.777. The van der Waals surface area contributed by atoms with Crippen LogP contribution < -0.4 is 10.1 Å². The first kappa shape index (κ1) is 21.2. The lowest BCUT2D eigenvalue weighted by Gasteiger charge is -2.60. The third-order valence-corrected chi connectivity index (χ3v) is 7.80. The highest BCUT2D eigenvalue weighted by Crippen LogP contribution is 2.61.